The summed E-state index contributed by atoms with van der Waals surface area (Å²) in [5.41, 5.74) is -0.226. The van der Waals surface area contributed by atoms with Crippen LogP contribution in [-0.2, 0) is 10.3 Å². The number of amides is 1. The first kappa shape index (κ1) is 15.2. The first-order valence-electron chi connectivity index (χ1n) is 6.91. The summed E-state index contributed by atoms with van der Waals surface area (Å²) in [5.74, 6) is 1.62. The van der Waals surface area contributed by atoms with E-state index in [0.29, 0.717) is 29.6 Å². The zero-order valence-electron chi connectivity index (χ0n) is 12.8. The highest BCUT2D eigenvalue weighted by Gasteiger charge is 2.44. The van der Waals surface area contributed by atoms with E-state index in [1.807, 2.05) is 6.92 Å². The molecule has 1 aromatic rings. The normalized spacial score (nSPS) is 22.9. The quantitative estimate of drug-likeness (QED) is 0.860. The highest BCUT2D eigenvalue weighted by Crippen LogP contribution is 2.34. The molecular weight excluding hydrogens is 270 g/mol. The number of guanidine groups is 1. The summed E-state index contributed by atoms with van der Waals surface area (Å²) < 4.78 is 10.6. The van der Waals surface area contributed by atoms with E-state index in [2.05, 4.69) is 15.6 Å². The summed E-state index contributed by atoms with van der Waals surface area (Å²) >= 11 is 0. The van der Waals surface area contributed by atoms with Crippen molar-refractivity contribution in [3.63, 3.8) is 0 Å². The zero-order valence-corrected chi connectivity index (χ0v) is 12.8. The predicted molar refractivity (Wildman–Crippen MR) is 80.8 cm³/mol. The molecule has 0 bridgehead atoms. The smallest absolute Gasteiger partial charge is 0.256 e. The average molecular weight is 291 g/mol. The molecule has 0 radical (unpaired) electrons. The number of hydrogen-bond donors (Lipinski definition) is 2. The van der Waals surface area contributed by atoms with Gasteiger partial charge in [-0.3, -0.25) is 15.1 Å². The SMILES string of the molecule is CCCN=C1NC(=O)C(C)(c2cc(OC)ccc2OC)N1. The van der Waals surface area contributed by atoms with Gasteiger partial charge in [0.05, 0.1) is 14.2 Å². The van der Waals surface area contributed by atoms with Crippen molar-refractivity contribution in [2.45, 2.75) is 25.8 Å². The van der Waals surface area contributed by atoms with Gasteiger partial charge in [-0.2, -0.15) is 0 Å². The van der Waals surface area contributed by atoms with Crippen LogP contribution in [-0.4, -0.2) is 32.6 Å². The van der Waals surface area contributed by atoms with Crippen molar-refractivity contribution in [1.82, 2.24) is 10.6 Å². The van der Waals surface area contributed by atoms with Crippen LogP contribution in [0.2, 0.25) is 0 Å². The zero-order chi connectivity index (χ0) is 15.5. The van der Waals surface area contributed by atoms with Crippen molar-refractivity contribution >= 4 is 11.9 Å². The Kier molecular flexibility index (Phi) is 4.35. The Bertz CT molecular complexity index is 571. The van der Waals surface area contributed by atoms with E-state index in [-0.39, 0.29) is 5.91 Å². The number of hydrogen-bond acceptors (Lipinski definition) is 4. The molecule has 1 saturated heterocycles. The highest BCUT2D eigenvalue weighted by molar-refractivity contribution is 6.09. The number of carbonyl (C=O) groups is 1. The number of nitrogens with zero attached hydrogens (tertiary/aromatic N) is 1. The average Bonchev–Trinajstić information content (AvgIpc) is 2.80. The fraction of sp³-hybridized carbons (Fsp3) is 0.467. The number of nitrogens with one attached hydrogen (secondary N) is 2. The molecule has 2 N–H and O–H groups in total. The topological polar surface area (TPSA) is 72.0 Å². The minimum Gasteiger partial charge on any atom is -0.497 e. The summed E-state index contributed by atoms with van der Waals surface area (Å²) in [5, 5.41) is 5.92. The number of aliphatic imine (C=N–C) groups is 1. The molecule has 0 spiro atoms. The van der Waals surface area contributed by atoms with Crippen molar-refractivity contribution in [1.29, 1.82) is 0 Å². The molecule has 1 aliphatic heterocycles. The van der Waals surface area contributed by atoms with Gasteiger partial charge in [0, 0.05) is 12.1 Å². The lowest BCUT2D eigenvalue weighted by Crippen LogP contribution is -2.41. The van der Waals surface area contributed by atoms with Crippen LogP contribution in [0.15, 0.2) is 23.2 Å². The molecular formula is C15H21N3O3. The van der Waals surface area contributed by atoms with Gasteiger partial charge < -0.3 is 14.8 Å². The lowest BCUT2D eigenvalue weighted by molar-refractivity contribution is -0.123. The van der Waals surface area contributed by atoms with Crippen molar-refractivity contribution in [2.24, 2.45) is 4.99 Å². The van der Waals surface area contributed by atoms with Crippen LogP contribution in [0.5, 0.6) is 11.5 Å². The monoisotopic (exact) mass is 291 g/mol. The first-order chi connectivity index (χ1) is 10.0. The molecule has 0 aliphatic carbocycles. The number of ether oxygens (including phenoxy) is 2. The molecule has 1 aliphatic rings. The van der Waals surface area contributed by atoms with Crippen LogP contribution < -0.4 is 20.1 Å². The molecule has 6 nitrogen and oxygen atoms in total. The van der Waals surface area contributed by atoms with Gasteiger partial charge in [-0.15, -0.1) is 0 Å². The van der Waals surface area contributed by atoms with Crippen LogP contribution in [0.4, 0.5) is 0 Å². The van der Waals surface area contributed by atoms with Gasteiger partial charge in [-0.05, 0) is 31.5 Å². The van der Waals surface area contributed by atoms with E-state index in [4.69, 9.17) is 9.47 Å². The lowest BCUT2D eigenvalue weighted by Gasteiger charge is -2.24. The summed E-state index contributed by atoms with van der Waals surface area (Å²) in [4.78, 5) is 16.7. The van der Waals surface area contributed by atoms with Crippen molar-refractivity contribution in [2.75, 3.05) is 20.8 Å². The van der Waals surface area contributed by atoms with Crippen LogP contribution in [0.3, 0.4) is 0 Å². The summed E-state index contributed by atoms with van der Waals surface area (Å²) in [7, 11) is 3.16. The fourth-order valence-electron chi connectivity index (χ4n) is 2.25. The molecule has 1 unspecified atom stereocenters. The van der Waals surface area contributed by atoms with Gasteiger partial charge >= 0.3 is 0 Å². The van der Waals surface area contributed by atoms with Crippen LogP contribution in [0.1, 0.15) is 25.8 Å². The van der Waals surface area contributed by atoms with Gasteiger partial charge in [0.2, 0.25) is 0 Å². The molecule has 114 valence electrons. The molecule has 1 aromatic carbocycles. The number of benzene rings is 1. The van der Waals surface area contributed by atoms with Gasteiger partial charge in [0.15, 0.2) is 5.96 Å². The molecule has 1 fully saturated rings. The Morgan fingerprint density at radius 1 is 1.29 bits per heavy atom. The van der Waals surface area contributed by atoms with E-state index in [1.54, 1.807) is 39.3 Å². The van der Waals surface area contributed by atoms with Crippen molar-refractivity contribution < 1.29 is 14.3 Å². The molecule has 6 heteroatoms. The van der Waals surface area contributed by atoms with Gasteiger partial charge in [-0.1, -0.05) is 6.92 Å². The van der Waals surface area contributed by atoms with Crippen molar-refractivity contribution in [3.8, 4) is 11.5 Å². The second-order valence-corrected chi connectivity index (χ2v) is 5.00. The van der Waals surface area contributed by atoms with E-state index in [1.165, 1.54) is 0 Å². The second kappa shape index (κ2) is 6.03. The van der Waals surface area contributed by atoms with E-state index in [9.17, 15) is 4.79 Å². The van der Waals surface area contributed by atoms with Gasteiger partial charge in [0.1, 0.15) is 17.0 Å². The van der Waals surface area contributed by atoms with E-state index in [0.717, 1.165) is 6.42 Å². The van der Waals surface area contributed by atoms with E-state index < -0.39 is 5.54 Å². The number of rotatable bonds is 5. The Morgan fingerprint density at radius 3 is 2.67 bits per heavy atom. The fourth-order valence-corrected chi connectivity index (χ4v) is 2.25. The Hall–Kier alpha value is -2.24. The van der Waals surface area contributed by atoms with Crippen LogP contribution in [0.25, 0.3) is 0 Å². The Morgan fingerprint density at radius 2 is 2.05 bits per heavy atom. The Labute approximate surface area is 124 Å². The number of carbonyl (C=O) groups excluding carboxylic acids is 1. The maximum atomic E-state index is 12.4. The molecule has 0 aromatic heterocycles. The lowest BCUT2D eigenvalue weighted by atomic mass is 9.91. The minimum absolute atomic E-state index is 0.163. The van der Waals surface area contributed by atoms with E-state index >= 15 is 0 Å². The van der Waals surface area contributed by atoms with Crippen molar-refractivity contribution in [3.05, 3.63) is 23.8 Å². The maximum Gasteiger partial charge on any atom is 0.256 e. The third-order valence-corrected chi connectivity index (χ3v) is 3.49. The third-order valence-electron chi connectivity index (χ3n) is 3.49. The number of methoxy groups -OCH3 is 2. The largest absolute Gasteiger partial charge is 0.497 e. The molecule has 1 amide bonds. The first-order valence-corrected chi connectivity index (χ1v) is 6.91. The summed E-state index contributed by atoms with van der Waals surface area (Å²) in [6, 6.07) is 5.38. The summed E-state index contributed by atoms with van der Waals surface area (Å²) in [6.07, 6.45) is 0.917. The van der Waals surface area contributed by atoms with Gasteiger partial charge in [-0.25, -0.2) is 0 Å². The van der Waals surface area contributed by atoms with Crippen LogP contribution >= 0.6 is 0 Å². The molecule has 21 heavy (non-hydrogen) atoms. The third kappa shape index (κ3) is 2.79. The summed E-state index contributed by atoms with van der Waals surface area (Å²) in [6.45, 7) is 4.49. The second-order valence-electron chi connectivity index (χ2n) is 5.00. The minimum atomic E-state index is -0.938. The molecule has 1 atom stereocenters. The highest BCUT2D eigenvalue weighted by atomic mass is 16.5. The molecule has 2 rings (SSSR count). The Balaban J connectivity index is 2.42. The van der Waals surface area contributed by atoms with Crippen LogP contribution in [0, 0.1) is 0 Å². The predicted octanol–water partition coefficient (Wildman–Crippen LogP) is 1.40. The van der Waals surface area contributed by atoms with Gasteiger partial charge in [0.25, 0.3) is 5.91 Å². The molecule has 1 heterocycles. The molecule has 0 saturated carbocycles. The maximum absolute atomic E-state index is 12.4. The standard InChI is InChI=1S/C15H21N3O3/c1-5-8-16-14-17-13(19)15(2,18-14)11-9-10(20-3)6-7-12(11)21-4/h6-7,9H,5,8H2,1-4H3,(H2,16,17,18,19).